The number of carbonyl (C=O) groups is 1. The van der Waals surface area contributed by atoms with Crippen LogP contribution >= 0.6 is 0 Å². The third-order valence-corrected chi connectivity index (χ3v) is 4.16. The molecule has 1 aromatic carbocycles. The predicted molar refractivity (Wildman–Crippen MR) is 84.4 cm³/mol. The van der Waals surface area contributed by atoms with E-state index in [1.807, 2.05) is 18.2 Å². The lowest BCUT2D eigenvalue weighted by Gasteiger charge is -2.23. The van der Waals surface area contributed by atoms with E-state index in [0.717, 1.165) is 31.0 Å². The second-order valence-electron chi connectivity index (χ2n) is 5.90. The fourth-order valence-electron chi connectivity index (χ4n) is 2.88. The summed E-state index contributed by atoms with van der Waals surface area (Å²) >= 11 is 0. The molecule has 21 heavy (non-hydrogen) atoms. The maximum absolute atomic E-state index is 12.3. The van der Waals surface area contributed by atoms with Crippen molar-refractivity contribution in [3.8, 4) is 0 Å². The average molecular weight is 290 g/mol. The molecule has 1 aliphatic heterocycles. The summed E-state index contributed by atoms with van der Waals surface area (Å²) in [5.74, 6) is 0.763. The Labute approximate surface area is 127 Å². The number of hydrogen-bond donors (Lipinski definition) is 2. The Bertz CT molecular complexity index is 456. The van der Waals surface area contributed by atoms with Gasteiger partial charge in [0.05, 0.1) is 0 Å². The molecule has 0 atom stereocenters. The van der Waals surface area contributed by atoms with Gasteiger partial charge in [0.1, 0.15) is 0 Å². The predicted octanol–water partition coefficient (Wildman–Crippen LogP) is 1.68. The second kappa shape index (κ2) is 8.15. The van der Waals surface area contributed by atoms with Crippen LogP contribution in [0.15, 0.2) is 24.3 Å². The number of rotatable bonds is 6. The van der Waals surface area contributed by atoms with E-state index in [-0.39, 0.29) is 12.5 Å². The van der Waals surface area contributed by atoms with Crippen molar-refractivity contribution in [2.75, 3.05) is 33.3 Å². The van der Waals surface area contributed by atoms with E-state index >= 15 is 0 Å². The molecule has 0 aliphatic carbocycles. The zero-order chi connectivity index (χ0) is 15.1. The van der Waals surface area contributed by atoms with Gasteiger partial charge in [-0.2, -0.15) is 0 Å². The van der Waals surface area contributed by atoms with E-state index in [4.69, 9.17) is 5.11 Å². The fraction of sp³-hybridized carbons (Fsp3) is 0.588. The Hall–Kier alpha value is -1.39. The maximum Gasteiger partial charge on any atom is 0.253 e. The first kappa shape index (κ1) is 16.0. The van der Waals surface area contributed by atoms with Gasteiger partial charge in [0, 0.05) is 25.8 Å². The molecule has 0 saturated carbocycles. The number of amides is 1. The highest BCUT2D eigenvalue weighted by atomic mass is 16.3. The minimum absolute atomic E-state index is 0.0376. The van der Waals surface area contributed by atoms with Gasteiger partial charge >= 0.3 is 0 Å². The van der Waals surface area contributed by atoms with Crippen LogP contribution in [0.3, 0.4) is 0 Å². The molecule has 0 unspecified atom stereocenters. The molecule has 4 heteroatoms. The number of aliphatic hydroxyl groups excluding tert-OH is 1. The van der Waals surface area contributed by atoms with Crippen molar-refractivity contribution in [1.82, 2.24) is 10.2 Å². The van der Waals surface area contributed by atoms with Crippen LogP contribution in [0.5, 0.6) is 0 Å². The Morgan fingerprint density at radius 1 is 1.38 bits per heavy atom. The number of piperidine rings is 1. The van der Waals surface area contributed by atoms with Crippen LogP contribution in [0.2, 0.25) is 0 Å². The van der Waals surface area contributed by atoms with Crippen LogP contribution in [0.1, 0.15) is 35.2 Å². The van der Waals surface area contributed by atoms with Gasteiger partial charge in [0.25, 0.3) is 5.91 Å². The highest BCUT2D eigenvalue weighted by Crippen LogP contribution is 2.19. The number of benzene rings is 1. The quantitative estimate of drug-likeness (QED) is 0.838. The van der Waals surface area contributed by atoms with Crippen LogP contribution in [-0.2, 0) is 6.42 Å². The lowest BCUT2D eigenvalue weighted by atomic mass is 9.90. The largest absolute Gasteiger partial charge is 0.396 e. The van der Waals surface area contributed by atoms with Gasteiger partial charge in [-0.05, 0) is 62.4 Å². The topological polar surface area (TPSA) is 52.6 Å². The summed E-state index contributed by atoms with van der Waals surface area (Å²) in [6.07, 6.45) is 4.11. The van der Waals surface area contributed by atoms with Crippen LogP contribution in [0, 0.1) is 5.92 Å². The zero-order valence-electron chi connectivity index (χ0n) is 12.8. The Balaban J connectivity index is 1.97. The van der Waals surface area contributed by atoms with Crippen LogP contribution < -0.4 is 5.32 Å². The van der Waals surface area contributed by atoms with Gasteiger partial charge in [0.15, 0.2) is 0 Å². The molecule has 1 saturated heterocycles. The summed E-state index contributed by atoms with van der Waals surface area (Å²) in [7, 11) is 1.79. The molecule has 0 spiro atoms. The van der Waals surface area contributed by atoms with Crippen molar-refractivity contribution in [3.63, 3.8) is 0 Å². The Kier molecular flexibility index (Phi) is 6.21. The number of carbonyl (C=O) groups excluding carboxylic acids is 1. The van der Waals surface area contributed by atoms with Gasteiger partial charge in [-0.3, -0.25) is 4.79 Å². The summed E-state index contributed by atoms with van der Waals surface area (Å²) in [5, 5.41) is 12.2. The zero-order valence-corrected chi connectivity index (χ0v) is 12.8. The molecular weight excluding hydrogens is 264 g/mol. The van der Waals surface area contributed by atoms with E-state index in [1.54, 1.807) is 11.9 Å². The molecule has 1 fully saturated rings. The van der Waals surface area contributed by atoms with Gasteiger partial charge in [-0.25, -0.2) is 0 Å². The summed E-state index contributed by atoms with van der Waals surface area (Å²) in [4.78, 5) is 14.0. The van der Waals surface area contributed by atoms with Crippen molar-refractivity contribution in [1.29, 1.82) is 0 Å². The molecule has 0 radical (unpaired) electrons. The van der Waals surface area contributed by atoms with E-state index in [1.165, 1.54) is 18.4 Å². The van der Waals surface area contributed by atoms with Crippen molar-refractivity contribution in [2.45, 2.75) is 25.7 Å². The number of aliphatic hydroxyl groups is 1. The Morgan fingerprint density at radius 2 is 2.14 bits per heavy atom. The molecule has 0 aromatic heterocycles. The first-order valence-corrected chi connectivity index (χ1v) is 7.86. The van der Waals surface area contributed by atoms with Crippen LogP contribution in [-0.4, -0.2) is 49.2 Å². The molecule has 1 amide bonds. The Morgan fingerprint density at radius 3 is 2.86 bits per heavy atom. The molecule has 1 aromatic rings. The van der Waals surface area contributed by atoms with Crippen LogP contribution in [0.4, 0.5) is 0 Å². The van der Waals surface area contributed by atoms with E-state index in [0.29, 0.717) is 13.0 Å². The van der Waals surface area contributed by atoms with E-state index in [2.05, 4.69) is 11.4 Å². The highest BCUT2D eigenvalue weighted by molar-refractivity contribution is 5.94. The molecular formula is C17H26N2O2. The third-order valence-electron chi connectivity index (χ3n) is 4.16. The summed E-state index contributed by atoms with van der Waals surface area (Å²) < 4.78 is 0. The maximum atomic E-state index is 12.3. The van der Waals surface area contributed by atoms with E-state index in [9.17, 15) is 4.79 Å². The fourth-order valence-corrected chi connectivity index (χ4v) is 2.88. The standard InChI is InChI=1S/C17H26N2O2/c1-19(10-3-11-20)17(21)16-5-2-4-15(13-16)12-14-6-8-18-9-7-14/h2,4-5,13-14,18,20H,3,6-12H2,1H3. The van der Waals surface area contributed by atoms with Gasteiger partial charge in [-0.1, -0.05) is 12.1 Å². The monoisotopic (exact) mass is 290 g/mol. The van der Waals surface area contributed by atoms with Gasteiger partial charge < -0.3 is 15.3 Å². The molecule has 1 heterocycles. The van der Waals surface area contributed by atoms with Crippen LogP contribution in [0.25, 0.3) is 0 Å². The summed E-state index contributed by atoms with van der Waals surface area (Å²) in [5.41, 5.74) is 2.00. The SMILES string of the molecule is CN(CCCO)C(=O)c1cccc(CC2CCNCC2)c1. The van der Waals surface area contributed by atoms with Gasteiger partial charge in [-0.15, -0.1) is 0 Å². The lowest BCUT2D eigenvalue weighted by Crippen LogP contribution is -2.29. The average Bonchev–Trinajstić information content (AvgIpc) is 2.53. The van der Waals surface area contributed by atoms with Crippen molar-refractivity contribution < 1.29 is 9.90 Å². The summed E-state index contributed by atoms with van der Waals surface area (Å²) in [6.45, 7) is 2.92. The van der Waals surface area contributed by atoms with Crippen molar-refractivity contribution in [3.05, 3.63) is 35.4 Å². The highest BCUT2D eigenvalue weighted by Gasteiger charge is 2.15. The minimum atomic E-state index is 0.0376. The minimum Gasteiger partial charge on any atom is -0.396 e. The number of nitrogens with zero attached hydrogens (tertiary/aromatic N) is 1. The molecule has 116 valence electrons. The van der Waals surface area contributed by atoms with Gasteiger partial charge in [0.2, 0.25) is 0 Å². The normalized spacial score (nSPS) is 15.9. The smallest absolute Gasteiger partial charge is 0.253 e. The molecule has 4 nitrogen and oxygen atoms in total. The first-order chi connectivity index (χ1) is 10.2. The molecule has 1 aliphatic rings. The van der Waals surface area contributed by atoms with Crippen molar-refractivity contribution >= 4 is 5.91 Å². The number of hydrogen-bond acceptors (Lipinski definition) is 3. The van der Waals surface area contributed by atoms with Crippen molar-refractivity contribution in [2.24, 2.45) is 5.92 Å². The second-order valence-corrected chi connectivity index (χ2v) is 5.90. The summed E-state index contributed by atoms with van der Waals surface area (Å²) in [6, 6.07) is 8.00. The lowest BCUT2D eigenvalue weighted by molar-refractivity contribution is 0.0786. The third kappa shape index (κ3) is 4.83. The molecule has 2 rings (SSSR count). The van der Waals surface area contributed by atoms with E-state index < -0.39 is 0 Å². The number of nitrogens with one attached hydrogen (secondary N) is 1. The molecule has 2 N–H and O–H groups in total. The molecule has 0 bridgehead atoms. The first-order valence-electron chi connectivity index (χ1n) is 7.86.